The van der Waals surface area contributed by atoms with E-state index in [1.807, 2.05) is 0 Å². The van der Waals surface area contributed by atoms with Crippen molar-refractivity contribution in [2.45, 2.75) is 41.5 Å². The maximum atomic E-state index is 2.36. The quantitative estimate of drug-likeness (QED) is 0.492. The summed E-state index contributed by atoms with van der Waals surface area (Å²) in [5, 5.41) is 0. The molecular formula is C12H27CuP. The molecular weight excluding hydrogens is 239 g/mol. The van der Waals surface area contributed by atoms with E-state index in [9.17, 15) is 0 Å². The summed E-state index contributed by atoms with van der Waals surface area (Å²) in [6.07, 6.45) is 4.43. The Balaban J connectivity index is 0. The van der Waals surface area contributed by atoms with E-state index in [0.717, 1.165) is 17.8 Å². The zero-order chi connectivity index (χ0) is 10.4. The number of hydrogen-bond acceptors (Lipinski definition) is 0. The van der Waals surface area contributed by atoms with Crippen LogP contribution in [0.5, 0.6) is 0 Å². The van der Waals surface area contributed by atoms with Gasteiger partial charge in [-0.15, -0.1) is 7.92 Å². The molecule has 0 aromatic rings. The van der Waals surface area contributed by atoms with E-state index in [1.54, 1.807) is 0 Å². The predicted molar refractivity (Wildman–Crippen MR) is 66.0 cm³/mol. The average Bonchev–Trinajstić information content (AvgIpc) is 1.80. The first-order valence-corrected chi connectivity index (χ1v) is 7.53. The van der Waals surface area contributed by atoms with E-state index in [2.05, 4.69) is 41.5 Å². The largest absolute Gasteiger partial charge is 0.106 e. The van der Waals surface area contributed by atoms with Crippen LogP contribution in [0.1, 0.15) is 41.5 Å². The van der Waals surface area contributed by atoms with E-state index in [4.69, 9.17) is 0 Å². The van der Waals surface area contributed by atoms with Gasteiger partial charge in [0.25, 0.3) is 0 Å². The molecule has 0 nitrogen and oxygen atoms in total. The van der Waals surface area contributed by atoms with Crippen molar-refractivity contribution in [1.29, 1.82) is 0 Å². The summed E-state index contributed by atoms with van der Waals surface area (Å²) in [6.45, 7) is 14.1. The molecule has 0 unspecified atom stereocenters. The molecule has 0 atom stereocenters. The van der Waals surface area contributed by atoms with Crippen LogP contribution in [0.4, 0.5) is 0 Å². The van der Waals surface area contributed by atoms with Crippen LogP contribution in [0.15, 0.2) is 0 Å². The van der Waals surface area contributed by atoms with Crippen molar-refractivity contribution in [2.75, 3.05) is 18.5 Å². The Kier molecular flexibility index (Phi) is 11.4. The van der Waals surface area contributed by atoms with Gasteiger partial charge in [0.2, 0.25) is 0 Å². The van der Waals surface area contributed by atoms with Gasteiger partial charge in [0, 0.05) is 17.1 Å². The fourth-order valence-electron chi connectivity index (χ4n) is 1.77. The molecule has 0 aliphatic heterocycles. The monoisotopic (exact) mass is 265 g/mol. The molecule has 0 saturated carbocycles. The van der Waals surface area contributed by atoms with Gasteiger partial charge < -0.3 is 0 Å². The van der Waals surface area contributed by atoms with Gasteiger partial charge in [-0.1, -0.05) is 41.5 Å². The fourth-order valence-corrected chi connectivity index (χ4v) is 5.32. The van der Waals surface area contributed by atoms with E-state index in [1.165, 1.54) is 18.5 Å². The molecule has 91 valence electrons. The third-order valence-electron chi connectivity index (χ3n) is 1.87. The molecule has 0 N–H and O–H groups in total. The molecule has 1 radical (unpaired) electrons. The molecule has 0 aromatic carbocycles. The van der Waals surface area contributed by atoms with Gasteiger partial charge in [0.1, 0.15) is 0 Å². The van der Waals surface area contributed by atoms with Gasteiger partial charge in [-0.3, -0.25) is 0 Å². The molecule has 0 saturated heterocycles. The molecule has 0 aliphatic rings. The van der Waals surface area contributed by atoms with Crippen LogP contribution in [-0.4, -0.2) is 18.5 Å². The molecule has 14 heavy (non-hydrogen) atoms. The average molecular weight is 266 g/mol. The van der Waals surface area contributed by atoms with E-state index in [-0.39, 0.29) is 17.1 Å². The molecule has 0 spiro atoms. The number of hydrogen-bond donors (Lipinski definition) is 0. The third-order valence-corrected chi connectivity index (χ3v) is 5.61. The minimum atomic E-state index is 0. The minimum absolute atomic E-state index is 0. The van der Waals surface area contributed by atoms with Gasteiger partial charge in [-0.2, -0.15) is 0 Å². The predicted octanol–water partition coefficient (Wildman–Crippen LogP) is 4.43. The standard InChI is InChI=1S/C12H27P.Cu/c1-10(2)7-13(8-11(3)4)9-12(5)6;/h10-12H,7-9H2,1-6H3;. The first-order valence-electron chi connectivity index (χ1n) is 5.64. The van der Waals surface area contributed by atoms with Crippen LogP contribution < -0.4 is 0 Å². The minimum Gasteiger partial charge on any atom is -0.106 e. The summed E-state index contributed by atoms with van der Waals surface area (Å²) in [4.78, 5) is 0. The van der Waals surface area contributed by atoms with E-state index < -0.39 is 0 Å². The SMILES string of the molecule is CC(C)CP(CC(C)C)CC(C)C.[Cu]. The van der Waals surface area contributed by atoms with Crippen LogP contribution in [0, 0.1) is 17.8 Å². The fraction of sp³-hybridized carbons (Fsp3) is 1.00. The summed E-state index contributed by atoms with van der Waals surface area (Å²) < 4.78 is 0. The Morgan fingerprint density at radius 3 is 1.00 bits per heavy atom. The number of rotatable bonds is 6. The Labute approximate surface area is 103 Å². The van der Waals surface area contributed by atoms with Gasteiger partial charge in [-0.25, -0.2) is 0 Å². The Morgan fingerprint density at radius 2 is 0.857 bits per heavy atom. The van der Waals surface area contributed by atoms with Crippen LogP contribution >= 0.6 is 7.92 Å². The summed E-state index contributed by atoms with van der Waals surface area (Å²) in [7, 11) is 0.321. The van der Waals surface area contributed by atoms with E-state index >= 15 is 0 Å². The maximum Gasteiger partial charge on any atom is 0 e. The smallest absolute Gasteiger partial charge is 0 e. The molecule has 0 aliphatic carbocycles. The van der Waals surface area contributed by atoms with Crippen molar-refractivity contribution in [1.82, 2.24) is 0 Å². The first kappa shape index (κ1) is 17.3. The second-order valence-electron chi connectivity index (χ2n) is 5.40. The van der Waals surface area contributed by atoms with Crippen molar-refractivity contribution >= 4 is 7.92 Å². The summed E-state index contributed by atoms with van der Waals surface area (Å²) >= 11 is 0. The second-order valence-corrected chi connectivity index (χ2v) is 7.84. The van der Waals surface area contributed by atoms with Gasteiger partial charge in [-0.05, 0) is 36.2 Å². The molecule has 0 amide bonds. The zero-order valence-electron chi connectivity index (χ0n) is 10.6. The molecule has 0 bridgehead atoms. The Morgan fingerprint density at radius 1 is 0.643 bits per heavy atom. The summed E-state index contributed by atoms with van der Waals surface area (Å²) in [6, 6.07) is 0. The topological polar surface area (TPSA) is 0 Å². The van der Waals surface area contributed by atoms with E-state index in [0.29, 0.717) is 7.92 Å². The summed E-state index contributed by atoms with van der Waals surface area (Å²) in [5.74, 6) is 2.68. The molecule has 0 rings (SSSR count). The van der Waals surface area contributed by atoms with Crippen molar-refractivity contribution < 1.29 is 17.1 Å². The van der Waals surface area contributed by atoms with Gasteiger partial charge in [0.15, 0.2) is 0 Å². The second kappa shape index (κ2) is 9.20. The first-order chi connectivity index (χ1) is 5.91. The van der Waals surface area contributed by atoms with Gasteiger partial charge >= 0.3 is 0 Å². The third kappa shape index (κ3) is 11.0. The maximum absolute atomic E-state index is 2.36. The van der Waals surface area contributed by atoms with Crippen LogP contribution in [0.2, 0.25) is 0 Å². The van der Waals surface area contributed by atoms with Gasteiger partial charge in [0.05, 0.1) is 0 Å². The van der Waals surface area contributed by atoms with Crippen molar-refractivity contribution in [2.24, 2.45) is 17.8 Å². The molecule has 0 fully saturated rings. The summed E-state index contributed by atoms with van der Waals surface area (Å²) in [5.41, 5.74) is 0. The molecule has 0 heterocycles. The normalized spacial score (nSPS) is 11.6. The molecule has 0 aromatic heterocycles. The van der Waals surface area contributed by atoms with Crippen LogP contribution in [-0.2, 0) is 17.1 Å². The Bertz CT molecular complexity index is 97.7. The van der Waals surface area contributed by atoms with Crippen molar-refractivity contribution in [3.8, 4) is 0 Å². The van der Waals surface area contributed by atoms with Crippen molar-refractivity contribution in [3.63, 3.8) is 0 Å². The zero-order valence-corrected chi connectivity index (χ0v) is 12.4. The van der Waals surface area contributed by atoms with Crippen LogP contribution in [0.25, 0.3) is 0 Å². The van der Waals surface area contributed by atoms with Crippen molar-refractivity contribution in [3.05, 3.63) is 0 Å². The molecule has 2 heteroatoms. The van der Waals surface area contributed by atoms with Crippen LogP contribution in [0.3, 0.4) is 0 Å². The Hall–Kier alpha value is 0.949.